The molecule has 0 saturated heterocycles. The van der Waals surface area contributed by atoms with E-state index >= 15 is 0 Å². The molecule has 0 N–H and O–H groups in total. The van der Waals surface area contributed by atoms with Crippen LogP contribution in [0.25, 0.3) is 15.9 Å². The van der Waals surface area contributed by atoms with Crippen molar-refractivity contribution in [2.24, 2.45) is 0 Å². The average Bonchev–Trinajstić information content (AvgIpc) is 2.70. The van der Waals surface area contributed by atoms with Gasteiger partial charge in [0.25, 0.3) is 0 Å². The molecule has 3 rings (SSSR count). The van der Waals surface area contributed by atoms with Crippen LogP contribution in [0.3, 0.4) is 0 Å². The first-order valence-electron chi connectivity index (χ1n) is 3.85. The second-order valence-electron chi connectivity index (χ2n) is 2.79. The molecule has 0 aromatic carbocycles. The molecule has 0 radical (unpaired) electrons. The van der Waals surface area contributed by atoms with E-state index in [2.05, 4.69) is 36.8 Å². The van der Waals surface area contributed by atoms with E-state index < -0.39 is 0 Å². The molecule has 13 heavy (non-hydrogen) atoms. The molecule has 3 aromatic rings. The van der Waals surface area contributed by atoms with Gasteiger partial charge in [0.2, 0.25) is 0 Å². The lowest BCUT2D eigenvalue weighted by Gasteiger charge is -1.97. The maximum atomic E-state index is 4.35. The van der Waals surface area contributed by atoms with Crippen LogP contribution in [0, 0.1) is 0 Å². The lowest BCUT2D eigenvalue weighted by atomic mass is 10.5. The van der Waals surface area contributed by atoms with Crippen molar-refractivity contribution < 1.29 is 0 Å². The van der Waals surface area contributed by atoms with Crippen LogP contribution >= 0.6 is 27.3 Å². The maximum Gasteiger partial charge on any atom is 0.127 e. The summed E-state index contributed by atoms with van der Waals surface area (Å²) in [6.45, 7) is 0. The lowest BCUT2D eigenvalue weighted by Crippen LogP contribution is -1.85. The van der Waals surface area contributed by atoms with E-state index in [0.29, 0.717) is 0 Å². The monoisotopic (exact) mass is 252 g/mol. The Labute approximate surface area is 87.0 Å². The molecular formula is C9H5BrN2S. The van der Waals surface area contributed by atoms with Crippen molar-refractivity contribution in [3.63, 3.8) is 0 Å². The summed E-state index contributed by atoms with van der Waals surface area (Å²) in [5.74, 6) is 0. The molecule has 0 aliphatic heterocycles. The number of aromatic nitrogens is 2. The van der Waals surface area contributed by atoms with Gasteiger partial charge in [-0.05, 0) is 39.5 Å². The van der Waals surface area contributed by atoms with Gasteiger partial charge in [0.1, 0.15) is 4.83 Å². The molecule has 4 heteroatoms. The van der Waals surface area contributed by atoms with E-state index in [1.54, 1.807) is 11.3 Å². The van der Waals surface area contributed by atoms with Crippen LogP contribution < -0.4 is 0 Å². The lowest BCUT2D eigenvalue weighted by molar-refractivity contribution is 1.21. The highest BCUT2D eigenvalue weighted by Gasteiger charge is 2.04. The SMILES string of the molecule is Brc1ccc2cnc3ccsc3n12. The van der Waals surface area contributed by atoms with Gasteiger partial charge in [-0.1, -0.05) is 0 Å². The maximum absolute atomic E-state index is 4.35. The number of hydrogen-bond acceptors (Lipinski definition) is 2. The standard InChI is InChI=1S/C9H5BrN2S/c10-8-2-1-6-5-11-7-3-4-13-9(7)12(6)8/h1-5H. The Balaban J connectivity index is 2.70. The van der Waals surface area contributed by atoms with Crippen molar-refractivity contribution >= 4 is 43.1 Å². The van der Waals surface area contributed by atoms with Gasteiger partial charge in [-0.25, -0.2) is 0 Å². The van der Waals surface area contributed by atoms with E-state index in [-0.39, 0.29) is 0 Å². The summed E-state index contributed by atoms with van der Waals surface area (Å²) in [5.41, 5.74) is 2.18. The highest BCUT2D eigenvalue weighted by molar-refractivity contribution is 9.10. The molecule has 64 valence electrons. The fourth-order valence-corrected chi connectivity index (χ4v) is 2.95. The van der Waals surface area contributed by atoms with Gasteiger partial charge >= 0.3 is 0 Å². The largest absolute Gasteiger partial charge is 0.292 e. The third kappa shape index (κ3) is 0.957. The minimum Gasteiger partial charge on any atom is -0.292 e. The first-order valence-corrected chi connectivity index (χ1v) is 5.53. The third-order valence-electron chi connectivity index (χ3n) is 2.03. The molecule has 0 fully saturated rings. The number of thiophene rings is 1. The highest BCUT2D eigenvalue weighted by Crippen LogP contribution is 2.25. The third-order valence-corrected chi connectivity index (χ3v) is 3.53. The highest BCUT2D eigenvalue weighted by atomic mass is 79.9. The molecule has 2 nitrogen and oxygen atoms in total. The second-order valence-corrected chi connectivity index (χ2v) is 4.49. The van der Waals surface area contributed by atoms with E-state index in [9.17, 15) is 0 Å². The Morgan fingerprint density at radius 3 is 3.15 bits per heavy atom. The van der Waals surface area contributed by atoms with E-state index in [1.165, 1.54) is 4.83 Å². The van der Waals surface area contributed by atoms with Gasteiger partial charge < -0.3 is 0 Å². The van der Waals surface area contributed by atoms with Crippen molar-refractivity contribution in [1.82, 2.24) is 9.38 Å². The second kappa shape index (κ2) is 2.56. The van der Waals surface area contributed by atoms with Crippen molar-refractivity contribution in [3.8, 4) is 0 Å². The molecule has 0 aliphatic rings. The zero-order valence-electron chi connectivity index (χ0n) is 6.57. The summed E-state index contributed by atoms with van der Waals surface area (Å²) in [7, 11) is 0. The predicted octanol–water partition coefficient (Wildman–Crippen LogP) is 3.31. The normalized spacial score (nSPS) is 11.5. The van der Waals surface area contributed by atoms with Crippen molar-refractivity contribution in [1.29, 1.82) is 0 Å². The van der Waals surface area contributed by atoms with Gasteiger partial charge in [-0.3, -0.25) is 9.38 Å². The zero-order chi connectivity index (χ0) is 8.84. The molecule has 0 amide bonds. The number of nitrogens with zero attached hydrogens (tertiary/aromatic N) is 2. The quantitative estimate of drug-likeness (QED) is 0.600. The Hall–Kier alpha value is -0.870. The van der Waals surface area contributed by atoms with Crippen molar-refractivity contribution in [2.75, 3.05) is 0 Å². The molecule has 3 heterocycles. The Kier molecular flexibility index (Phi) is 1.48. The minimum absolute atomic E-state index is 1.05. The van der Waals surface area contributed by atoms with Crippen LogP contribution in [-0.4, -0.2) is 9.38 Å². The smallest absolute Gasteiger partial charge is 0.127 e. The van der Waals surface area contributed by atoms with Crippen molar-refractivity contribution in [3.05, 3.63) is 34.4 Å². The summed E-state index contributed by atoms with van der Waals surface area (Å²) in [5, 5.41) is 2.06. The molecular weight excluding hydrogens is 248 g/mol. The van der Waals surface area contributed by atoms with Gasteiger partial charge in [0, 0.05) is 0 Å². The minimum atomic E-state index is 1.05. The summed E-state index contributed by atoms with van der Waals surface area (Å²) >= 11 is 5.22. The van der Waals surface area contributed by atoms with Crippen LogP contribution in [0.4, 0.5) is 0 Å². The molecule has 0 atom stereocenters. The number of hydrogen-bond donors (Lipinski definition) is 0. The van der Waals surface area contributed by atoms with E-state index in [1.807, 2.05) is 18.3 Å². The topological polar surface area (TPSA) is 17.3 Å². The Morgan fingerprint density at radius 2 is 2.23 bits per heavy atom. The molecule has 0 unspecified atom stereocenters. The Morgan fingerprint density at radius 1 is 1.31 bits per heavy atom. The molecule has 3 aromatic heterocycles. The van der Waals surface area contributed by atoms with Crippen LogP contribution in [0.2, 0.25) is 0 Å². The van der Waals surface area contributed by atoms with Gasteiger partial charge in [0.15, 0.2) is 0 Å². The van der Waals surface area contributed by atoms with Gasteiger partial charge in [-0.2, -0.15) is 0 Å². The molecule has 0 saturated carbocycles. The van der Waals surface area contributed by atoms with Crippen LogP contribution in [0.15, 0.2) is 34.4 Å². The average molecular weight is 253 g/mol. The fourth-order valence-electron chi connectivity index (χ4n) is 1.44. The van der Waals surface area contributed by atoms with Crippen LogP contribution in [0.5, 0.6) is 0 Å². The first-order chi connectivity index (χ1) is 6.36. The number of rotatable bonds is 0. The first kappa shape index (κ1) is 7.53. The summed E-state index contributed by atoms with van der Waals surface area (Å²) in [4.78, 5) is 5.54. The zero-order valence-corrected chi connectivity index (χ0v) is 8.97. The fraction of sp³-hybridized carbons (Fsp3) is 0. The predicted molar refractivity (Wildman–Crippen MR) is 58.3 cm³/mol. The Bertz CT molecular complexity index is 581. The molecule has 0 bridgehead atoms. The summed E-state index contributed by atoms with van der Waals surface area (Å²) in [6.07, 6.45) is 1.89. The molecule has 0 spiro atoms. The van der Waals surface area contributed by atoms with Crippen LogP contribution in [0.1, 0.15) is 0 Å². The molecule has 0 aliphatic carbocycles. The number of fused-ring (bicyclic) bond motifs is 3. The van der Waals surface area contributed by atoms with Crippen molar-refractivity contribution in [2.45, 2.75) is 0 Å². The van der Waals surface area contributed by atoms with Crippen LogP contribution in [-0.2, 0) is 0 Å². The van der Waals surface area contributed by atoms with E-state index in [4.69, 9.17) is 0 Å². The summed E-state index contributed by atoms with van der Waals surface area (Å²) in [6, 6.07) is 6.12. The number of halogens is 1. The van der Waals surface area contributed by atoms with Gasteiger partial charge in [-0.15, -0.1) is 11.3 Å². The summed E-state index contributed by atoms with van der Waals surface area (Å²) < 4.78 is 3.24. The van der Waals surface area contributed by atoms with E-state index in [0.717, 1.165) is 15.6 Å². The van der Waals surface area contributed by atoms with Gasteiger partial charge in [0.05, 0.1) is 21.8 Å².